The average Bonchev–Trinajstić information content (AvgIpc) is 2.62. The molecule has 1 aromatic carbocycles. The van der Waals surface area contributed by atoms with E-state index in [1.807, 2.05) is 0 Å². The molecular weight excluding hydrogens is 442 g/mol. The van der Waals surface area contributed by atoms with E-state index in [1.54, 1.807) is 0 Å². The summed E-state index contributed by atoms with van der Waals surface area (Å²) in [6, 6.07) is 0.320. The van der Waals surface area contributed by atoms with Gasteiger partial charge in [0.2, 0.25) is 5.91 Å². The van der Waals surface area contributed by atoms with Gasteiger partial charge in [0, 0.05) is 29.6 Å². The molecule has 1 aliphatic rings. The number of hydrogen-bond acceptors (Lipinski definition) is 7. The first-order chi connectivity index (χ1) is 12.8. The van der Waals surface area contributed by atoms with E-state index in [9.17, 15) is 24.6 Å². The molecule has 0 bridgehead atoms. The van der Waals surface area contributed by atoms with Gasteiger partial charge in [0.25, 0.3) is 0 Å². The Morgan fingerprint density at radius 1 is 1.41 bits per heavy atom. The number of aliphatic carboxylic acids is 1. The summed E-state index contributed by atoms with van der Waals surface area (Å²) in [6.45, 7) is 0.103. The van der Waals surface area contributed by atoms with Gasteiger partial charge in [0.1, 0.15) is 17.5 Å². The lowest BCUT2D eigenvalue weighted by Crippen LogP contribution is -2.42. The zero-order valence-electron chi connectivity index (χ0n) is 14.6. The van der Waals surface area contributed by atoms with Crippen LogP contribution in [0.3, 0.4) is 0 Å². The number of carboxylic acid groups (broad SMARTS) is 1. The fourth-order valence-corrected chi connectivity index (χ4v) is 4.26. The van der Waals surface area contributed by atoms with Crippen molar-refractivity contribution < 1.29 is 34.1 Å². The summed E-state index contributed by atoms with van der Waals surface area (Å²) in [4.78, 5) is 35.8. The number of carbonyl (C=O) groups excluding carboxylic acids is 2. The van der Waals surface area contributed by atoms with Crippen LogP contribution in [-0.2, 0) is 20.1 Å². The van der Waals surface area contributed by atoms with Crippen LogP contribution in [0, 0.1) is 0 Å². The van der Waals surface area contributed by atoms with Crippen molar-refractivity contribution in [3.05, 3.63) is 21.7 Å². The Kier molecular flexibility index (Phi) is 7.78. The SMILES string of the molecule is COc1cc(O)c2c(c1Br)C(=O)OCCCCC(=O)N[C@H](C(=O)O)CSC2. The first kappa shape index (κ1) is 21.4. The molecule has 1 amide bonds. The molecule has 27 heavy (non-hydrogen) atoms. The maximum absolute atomic E-state index is 12.6. The Bertz CT molecular complexity index is 740. The minimum atomic E-state index is -1.14. The predicted molar refractivity (Wildman–Crippen MR) is 102 cm³/mol. The molecule has 10 heteroatoms. The molecular formula is C17H20BrNO7S. The molecule has 8 nitrogen and oxygen atoms in total. The second kappa shape index (κ2) is 9.84. The van der Waals surface area contributed by atoms with Gasteiger partial charge in [-0.25, -0.2) is 9.59 Å². The van der Waals surface area contributed by atoms with Crippen LogP contribution in [0.25, 0.3) is 0 Å². The highest BCUT2D eigenvalue weighted by Crippen LogP contribution is 2.39. The number of carbonyl (C=O) groups is 3. The quantitative estimate of drug-likeness (QED) is 0.573. The monoisotopic (exact) mass is 461 g/mol. The number of esters is 1. The van der Waals surface area contributed by atoms with Gasteiger partial charge in [-0.05, 0) is 28.8 Å². The van der Waals surface area contributed by atoms with Crippen molar-refractivity contribution in [1.82, 2.24) is 5.32 Å². The van der Waals surface area contributed by atoms with Crippen LogP contribution in [0.4, 0.5) is 0 Å². The number of carboxylic acids is 1. The topological polar surface area (TPSA) is 122 Å². The summed E-state index contributed by atoms with van der Waals surface area (Å²) in [5, 5.41) is 22.1. The number of methoxy groups -OCH3 is 1. The first-order valence-electron chi connectivity index (χ1n) is 8.20. The molecule has 0 unspecified atom stereocenters. The van der Waals surface area contributed by atoms with E-state index in [-0.39, 0.29) is 47.5 Å². The van der Waals surface area contributed by atoms with Crippen LogP contribution >= 0.6 is 27.7 Å². The number of rotatable bonds is 2. The number of cyclic esters (lactones) is 1. The van der Waals surface area contributed by atoms with Gasteiger partial charge in [0.15, 0.2) is 0 Å². The Morgan fingerprint density at radius 3 is 2.81 bits per heavy atom. The fourth-order valence-electron chi connectivity index (χ4n) is 2.51. The maximum atomic E-state index is 12.6. The van der Waals surface area contributed by atoms with Crippen LogP contribution in [0.1, 0.15) is 35.2 Å². The lowest BCUT2D eigenvalue weighted by molar-refractivity contribution is -0.141. The van der Waals surface area contributed by atoms with Gasteiger partial charge in [0.05, 0.1) is 23.8 Å². The predicted octanol–water partition coefficient (Wildman–Crippen LogP) is 2.31. The molecule has 0 aromatic heterocycles. The molecule has 148 valence electrons. The van der Waals surface area contributed by atoms with E-state index in [4.69, 9.17) is 9.47 Å². The molecule has 0 aliphatic carbocycles. The number of ether oxygens (including phenoxy) is 2. The number of hydrogen-bond donors (Lipinski definition) is 3. The number of fused-ring (bicyclic) bond motifs is 1. The number of phenolic OH excluding ortho intramolecular Hbond substituents is 1. The number of thioether (sulfide) groups is 1. The third-order valence-electron chi connectivity index (χ3n) is 3.93. The molecule has 0 spiro atoms. The van der Waals surface area contributed by atoms with Crippen LogP contribution in [0.2, 0.25) is 0 Å². The molecule has 0 fully saturated rings. The summed E-state index contributed by atoms with van der Waals surface area (Å²) in [6.07, 6.45) is 1.06. The number of phenols is 1. The van der Waals surface area contributed by atoms with Crippen LogP contribution in [0.15, 0.2) is 10.5 Å². The fraction of sp³-hybridized carbons (Fsp3) is 0.471. The first-order valence-corrected chi connectivity index (χ1v) is 10.1. The van der Waals surface area contributed by atoms with Crippen molar-refractivity contribution in [2.45, 2.75) is 31.1 Å². The highest BCUT2D eigenvalue weighted by atomic mass is 79.9. The Labute approximate surface area is 168 Å². The second-order valence-electron chi connectivity index (χ2n) is 5.83. The van der Waals surface area contributed by atoms with Crippen molar-refractivity contribution in [3.63, 3.8) is 0 Å². The van der Waals surface area contributed by atoms with Gasteiger partial charge < -0.3 is 25.0 Å². The summed E-state index contributed by atoms with van der Waals surface area (Å²) in [5.74, 6) is -1.76. The van der Waals surface area contributed by atoms with Gasteiger partial charge in [-0.2, -0.15) is 11.8 Å². The van der Waals surface area contributed by atoms with Crippen molar-refractivity contribution in [2.75, 3.05) is 19.5 Å². The summed E-state index contributed by atoms with van der Waals surface area (Å²) >= 11 is 4.49. The van der Waals surface area contributed by atoms with Gasteiger partial charge in [-0.3, -0.25) is 4.79 Å². The normalized spacial score (nSPS) is 19.3. The minimum absolute atomic E-state index is 0.0820. The van der Waals surface area contributed by atoms with E-state index in [0.717, 1.165) is 0 Å². The Morgan fingerprint density at radius 2 is 2.15 bits per heavy atom. The standard InChI is InChI=1S/C17H20BrNO7S/c1-25-12-6-11(20)9-7-27-8-10(16(22)23)19-13(21)4-2-3-5-26-17(24)14(9)15(12)18/h6,10,20H,2-5,7-8H2,1H3,(H,19,21)(H,22,23)/t10-/m0/s1. The largest absolute Gasteiger partial charge is 0.507 e. The number of nitrogens with one attached hydrogen (secondary N) is 1. The van der Waals surface area contributed by atoms with Crippen molar-refractivity contribution in [3.8, 4) is 11.5 Å². The summed E-state index contributed by atoms with van der Waals surface area (Å²) in [7, 11) is 1.41. The molecule has 0 saturated carbocycles. The molecule has 2 rings (SSSR count). The van der Waals surface area contributed by atoms with E-state index in [0.29, 0.717) is 22.9 Å². The number of halogens is 1. The maximum Gasteiger partial charge on any atom is 0.339 e. The highest BCUT2D eigenvalue weighted by molar-refractivity contribution is 9.10. The average molecular weight is 462 g/mol. The van der Waals surface area contributed by atoms with Gasteiger partial charge in [-0.1, -0.05) is 0 Å². The molecule has 1 heterocycles. The van der Waals surface area contributed by atoms with Crippen molar-refractivity contribution in [1.29, 1.82) is 0 Å². The van der Waals surface area contributed by atoms with E-state index < -0.39 is 18.0 Å². The molecule has 1 atom stereocenters. The number of aromatic hydroxyl groups is 1. The molecule has 0 radical (unpaired) electrons. The van der Waals surface area contributed by atoms with Crippen LogP contribution in [0.5, 0.6) is 11.5 Å². The van der Waals surface area contributed by atoms with E-state index in [2.05, 4.69) is 21.2 Å². The summed E-state index contributed by atoms with van der Waals surface area (Å²) in [5.41, 5.74) is 0.456. The third kappa shape index (κ3) is 5.52. The van der Waals surface area contributed by atoms with Crippen molar-refractivity contribution >= 4 is 45.5 Å². The van der Waals surface area contributed by atoms with E-state index in [1.165, 1.54) is 24.9 Å². The molecule has 0 saturated heterocycles. The van der Waals surface area contributed by atoms with E-state index >= 15 is 0 Å². The summed E-state index contributed by atoms with van der Waals surface area (Å²) < 4.78 is 10.8. The zero-order valence-corrected chi connectivity index (χ0v) is 17.0. The minimum Gasteiger partial charge on any atom is -0.507 e. The third-order valence-corrected chi connectivity index (χ3v) is 5.78. The van der Waals surface area contributed by atoms with Gasteiger partial charge in [-0.15, -0.1) is 0 Å². The second-order valence-corrected chi connectivity index (χ2v) is 7.66. The highest BCUT2D eigenvalue weighted by Gasteiger charge is 2.26. The Balaban J connectivity index is 2.36. The van der Waals surface area contributed by atoms with Gasteiger partial charge >= 0.3 is 11.9 Å². The number of benzene rings is 1. The lowest BCUT2D eigenvalue weighted by atomic mass is 10.1. The molecule has 1 aliphatic heterocycles. The van der Waals surface area contributed by atoms with Crippen LogP contribution in [-0.4, -0.2) is 53.6 Å². The zero-order chi connectivity index (χ0) is 20.0. The smallest absolute Gasteiger partial charge is 0.339 e. The number of amides is 1. The molecule has 1 aromatic rings. The Hall–Kier alpha value is -1.94. The van der Waals surface area contributed by atoms with Crippen molar-refractivity contribution in [2.24, 2.45) is 0 Å². The molecule has 3 N–H and O–H groups in total. The lowest BCUT2D eigenvalue weighted by Gasteiger charge is -2.18. The van der Waals surface area contributed by atoms with Crippen LogP contribution < -0.4 is 10.1 Å².